The first kappa shape index (κ1) is 10.9. The molecule has 0 aromatic rings. The molecule has 0 aromatic carbocycles. The van der Waals surface area contributed by atoms with Crippen molar-refractivity contribution in [3.8, 4) is 0 Å². The summed E-state index contributed by atoms with van der Waals surface area (Å²) in [6, 6.07) is 0. The van der Waals surface area contributed by atoms with Crippen LogP contribution in [0.4, 0.5) is 0 Å². The Hall–Kier alpha value is -0.570. The van der Waals surface area contributed by atoms with E-state index >= 15 is 0 Å². The number of likely N-dealkylation sites (tertiary alicyclic amines) is 1. The summed E-state index contributed by atoms with van der Waals surface area (Å²) in [5.74, 6) is 2.49. The molecule has 3 atom stereocenters. The molecule has 1 amide bonds. The minimum Gasteiger partial charge on any atom is -0.342 e. The van der Waals surface area contributed by atoms with Crippen LogP contribution in [0.2, 0.25) is 0 Å². The standard InChI is InChI=1S/C12H22N2O/c1-8-6-14(7-9(8)2)12(15)10(3)11-4-13-5-11/h8-11,13H,4-7H2,1-3H3. The molecule has 2 aliphatic rings. The third-order valence-electron chi connectivity index (χ3n) is 4.21. The van der Waals surface area contributed by atoms with Gasteiger partial charge in [0.05, 0.1) is 0 Å². The second-order valence-electron chi connectivity index (χ2n) is 5.40. The molecule has 15 heavy (non-hydrogen) atoms. The molecule has 3 nitrogen and oxygen atoms in total. The zero-order valence-electron chi connectivity index (χ0n) is 9.99. The third-order valence-corrected chi connectivity index (χ3v) is 4.21. The van der Waals surface area contributed by atoms with Gasteiger partial charge in [0.15, 0.2) is 0 Å². The molecule has 0 spiro atoms. The highest BCUT2D eigenvalue weighted by Gasteiger charge is 2.35. The average molecular weight is 210 g/mol. The van der Waals surface area contributed by atoms with Crippen LogP contribution in [0.3, 0.4) is 0 Å². The highest BCUT2D eigenvalue weighted by atomic mass is 16.2. The van der Waals surface area contributed by atoms with Gasteiger partial charge in [-0.3, -0.25) is 4.79 Å². The number of nitrogens with one attached hydrogen (secondary N) is 1. The van der Waals surface area contributed by atoms with Crippen LogP contribution in [0.15, 0.2) is 0 Å². The van der Waals surface area contributed by atoms with Crippen molar-refractivity contribution in [3.63, 3.8) is 0 Å². The molecular formula is C12H22N2O. The molecule has 0 aromatic heterocycles. The molecule has 2 rings (SSSR count). The lowest BCUT2D eigenvalue weighted by atomic mass is 9.88. The van der Waals surface area contributed by atoms with Gasteiger partial charge in [-0.05, 0) is 30.8 Å². The van der Waals surface area contributed by atoms with E-state index in [1.54, 1.807) is 0 Å². The molecule has 3 heteroatoms. The van der Waals surface area contributed by atoms with Crippen LogP contribution in [0, 0.1) is 23.7 Å². The lowest BCUT2D eigenvalue weighted by molar-refractivity contribution is -0.136. The molecule has 0 aliphatic carbocycles. The Balaban J connectivity index is 1.90. The van der Waals surface area contributed by atoms with Crippen molar-refractivity contribution in [2.24, 2.45) is 23.7 Å². The highest BCUT2D eigenvalue weighted by Crippen LogP contribution is 2.26. The summed E-state index contributed by atoms with van der Waals surface area (Å²) in [6.07, 6.45) is 0. The molecule has 0 saturated carbocycles. The predicted octanol–water partition coefficient (Wildman–Crippen LogP) is 0.956. The first-order chi connectivity index (χ1) is 7.09. The number of amides is 1. The Morgan fingerprint density at radius 1 is 1.27 bits per heavy atom. The number of nitrogens with zero attached hydrogens (tertiary/aromatic N) is 1. The van der Waals surface area contributed by atoms with Crippen molar-refractivity contribution in [2.45, 2.75) is 20.8 Å². The van der Waals surface area contributed by atoms with E-state index in [2.05, 4.69) is 31.0 Å². The van der Waals surface area contributed by atoms with Crippen LogP contribution in [0.25, 0.3) is 0 Å². The molecule has 2 fully saturated rings. The Bertz CT molecular complexity index is 240. The summed E-state index contributed by atoms with van der Waals surface area (Å²) in [5, 5.41) is 3.23. The minimum absolute atomic E-state index is 0.212. The Kier molecular flexibility index (Phi) is 3.01. The van der Waals surface area contributed by atoms with Crippen LogP contribution in [0.5, 0.6) is 0 Å². The van der Waals surface area contributed by atoms with E-state index in [4.69, 9.17) is 0 Å². The van der Waals surface area contributed by atoms with E-state index in [9.17, 15) is 4.79 Å². The molecule has 0 bridgehead atoms. The quantitative estimate of drug-likeness (QED) is 0.736. The van der Waals surface area contributed by atoms with Crippen LogP contribution < -0.4 is 5.32 Å². The molecule has 2 heterocycles. The first-order valence-corrected chi connectivity index (χ1v) is 6.09. The van der Waals surface area contributed by atoms with E-state index in [1.165, 1.54) is 0 Å². The lowest BCUT2D eigenvalue weighted by Crippen LogP contribution is -2.50. The second kappa shape index (κ2) is 4.12. The Labute approximate surface area is 92.2 Å². The molecular weight excluding hydrogens is 188 g/mol. The van der Waals surface area contributed by atoms with Crippen LogP contribution in [-0.4, -0.2) is 37.0 Å². The largest absolute Gasteiger partial charge is 0.342 e. The van der Waals surface area contributed by atoms with Gasteiger partial charge in [0.25, 0.3) is 0 Å². The van der Waals surface area contributed by atoms with Crippen LogP contribution in [-0.2, 0) is 4.79 Å². The molecule has 1 N–H and O–H groups in total. The predicted molar refractivity (Wildman–Crippen MR) is 60.4 cm³/mol. The fourth-order valence-electron chi connectivity index (χ4n) is 2.46. The molecule has 2 saturated heterocycles. The first-order valence-electron chi connectivity index (χ1n) is 6.09. The van der Waals surface area contributed by atoms with E-state index < -0.39 is 0 Å². The van der Waals surface area contributed by atoms with Crippen molar-refractivity contribution in [3.05, 3.63) is 0 Å². The zero-order valence-corrected chi connectivity index (χ0v) is 9.99. The number of carbonyl (C=O) groups is 1. The Morgan fingerprint density at radius 3 is 2.20 bits per heavy atom. The van der Waals surface area contributed by atoms with Gasteiger partial charge in [-0.15, -0.1) is 0 Å². The number of hydrogen-bond acceptors (Lipinski definition) is 2. The van der Waals surface area contributed by atoms with Crippen LogP contribution in [0.1, 0.15) is 20.8 Å². The van der Waals surface area contributed by atoms with Crippen LogP contribution >= 0.6 is 0 Å². The van der Waals surface area contributed by atoms with Crippen molar-refractivity contribution in [1.82, 2.24) is 10.2 Å². The summed E-state index contributed by atoms with van der Waals surface area (Å²) in [6.45, 7) is 10.5. The smallest absolute Gasteiger partial charge is 0.225 e. The highest BCUT2D eigenvalue weighted by molar-refractivity contribution is 5.79. The number of hydrogen-bond donors (Lipinski definition) is 1. The van der Waals surface area contributed by atoms with Crippen molar-refractivity contribution in [2.75, 3.05) is 26.2 Å². The molecule has 86 valence electrons. The zero-order chi connectivity index (χ0) is 11.0. The topological polar surface area (TPSA) is 32.3 Å². The Morgan fingerprint density at radius 2 is 1.80 bits per heavy atom. The summed E-state index contributed by atoms with van der Waals surface area (Å²) in [7, 11) is 0. The van der Waals surface area contributed by atoms with Gasteiger partial charge in [0.1, 0.15) is 0 Å². The average Bonchev–Trinajstić information content (AvgIpc) is 2.43. The summed E-state index contributed by atoms with van der Waals surface area (Å²) in [5.41, 5.74) is 0. The maximum Gasteiger partial charge on any atom is 0.225 e. The number of carbonyl (C=O) groups excluding carboxylic acids is 1. The molecule has 3 unspecified atom stereocenters. The van der Waals surface area contributed by atoms with Gasteiger partial charge in [0.2, 0.25) is 5.91 Å². The van der Waals surface area contributed by atoms with E-state index in [-0.39, 0.29) is 5.92 Å². The second-order valence-corrected chi connectivity index (χ2v) is 5.40. The van der Waals surface area contributed by atoms with Gasteiger partial charge in [-0.1, -0.05) is 20.8 Å². The van der Waals surface area contributed by atoms with Gasteiger partial charge in [-0.2, -0.15) is 0 Å². The van der Waals surface area contributed by atoms with E-state index in [0.29, 0.717) is 23.7 Å². The van der Waals surface area contributed by atoms with Crippen molar-refractivity contribution in [1.29, 1.82) is 0 Å². The number of rotatable bonds is 2. The molecule has 2 aliphatic heterocycles. The minimum atomic E-state index is 0.212. The van der Waals surface area contributed by atoms with E-state index in [0.717, 1.165) is 26.2 Å². The maximum atomic E-state index is 12.2. The monoisotopic (exact) mass is 210 g/mol. The van der Waals surface area contributed by atoms with Gasteiger partial charge >= 0.3 is 0 Å². The summed E-state index contributed by atoms with van der Waals surface area (Å²) < 4.78 is 0. The summed E-state index contributed by atoms with van der Waals surface area (Å²) in [4.78, 5) is 14.2. The fourth-order valence-corrected chi connectivity index (χ4v) is 2.46. The summed E-state index contributed by atoms with van der Waals surface area (Å²) >= 11 is 0. The molecule has 0 radical (unpaired) electrons. The third kappa shape index (κ3) is 2.03. The van der Waals surface area contributed by atoms with Crippen molar-refractivity contribution >= 4 is 5.91 Å². The van der Waals surface area contributed by atoms with Gasteiger partial charge in [0, 0.05) is 19.0 Å². The lowest BCUT2D eigenvalue weighted by Gasteiger charge is -2.34. The van der Waals surface area contributed by atoms with E-state index in [1.807, 2.05) is 0 Å². The maximum absolute atomic E-state index is 12.2. The van der Waals surface area contributed by atoms with Gasteiger partial charge in [-0.25, -0.2) is 0 Å². The van der Waals surface area contributed by atoms with Gasteiger partial charge < -0.3 is 10.2 Å². The fraction of sp³-hybridized carbons (Fsp3) is 0.917. The SMILES string of the molecule is CC1CN(C(=O)C(C)C2CNC2)CC1C. The normalized spacial score (nSPS) is 33.9. The van der Waals surface area contributed by atoms with Crippen molar-refractivity contribution < 1.29 is 4.79 Å².